The summed E-state index contributed by atoms with van der Waals surface area (Å²) < 4.78 is 6.21. The number of fused-ring (bicyclic) bond motifs is 1. The molecule has 1 saturated heterocycles. The molecule has 0 saturated carbocycles. The number of benzene rings is 3. The summed E-state index contributed by atoms with van der Waals surface area (Å²) in [5, 5.41) is 3.45. The monoisotopic (exact) mass is 617 g/mol. The van der Waals surface area contributed by atoms with Crippen molar-refractivity contribution >= 4 is 62.3 Å². The van der Waals surface area contributed by atoms with Gasteiger partial charge in [-0.1, -0.05) is 36.4 Å². The molecular weight excluding hydrogens is 586 g/mol. The average molecular weight is 619 g/mol. The van der Waals surface area contributed by atoms with E-state index in [0.29, 0.717) is 34.6 Å². The van der Waals surface area contributed by atoms with Crippen molar-refractivity contribution < 1.29 is 19.1 Å². The Labute approximate surface area is 248 Å². The number of piperazine rings is 1. The topological polar surface area (TPSA) is 85.4 Å². The summed E-state index contributed by atoms with van der Waals surface area (Å²) in [6, 6.07) is 22.2. The van der Waals surface area contributed by atoms with Crippen LogP contribution in [0.5, 0.6) is 0 Å². The fraction of sp³-hybridized carbons (Fsp3) is 0.258. The van der Waals surface area contributed by atoms with Crippen molar-refractivity contribution in [3.63, 3.8) is 0 Å². The minimum absolute atomic E-state index is 0.0410. The molecule has 0 atom stereocenters. The number of nitrogens with zero attached hydrogens (tertiary/aromatic N) is 4. The van der Waals surface area contributed by atoms with E-state index in [0.717, 1.165) is 43.1 Å². The summed E-state index contributed by atoms with van der Waals surface area (Å²) in [6.45, 7) is 4.07. The number of carbonyl (C=O) groups is 3. The Bertz CT molecular complexity index is 1480. The van der Waals surface area contributed by atoms with Crippen LogP contribution in [0.4, 0.5) is 17.1 Å². The molecule has 2 amide bonds. The molecule has 0 spiro atoms. The number of likely N-dealkylation sites (N-methyl/N-ethyl adjacent to an activating group) is 2. The Hall–Kier alpha value is -3.99. The minimum atomic E-state index is -0.480. The number of anilines is 3. The first-order chi connectivity index (χ1) is 19.8. The molecule has 2 aliphatic heterocycles. The van der Waals surface area contributed by atoms with Crippen LogP contribution in [-0.4, -0.2) is 81.5 Å². The molecule has 0 radical (unpaired) electrons. The molecule has 1 N–H and O–H groups in total. The van der Waals surface area contributed by atoms with Gasteiger partial charge in [-0.05, 0) is 49.0 Å². The van der Waals surface area contributed by atoms with Crippen molar-refractivity contribution in [1.29, 1.82) is 0 Å². The van der Waals surface area contributed by atoms with Crippen LogP contribution in [0.25, 0.3) is 11.3 Å². The van der Waals surface area contributed by atoms with Gasteiger partial charge in [-0.25, -0.2) is 8.72 Å². The van der Waals surface area contributed by atoms with E-state index < -0.39 is 5.97 Å². The maximum atomic E-state index is 13.5. The third-order valence-electron chi connectivity index (χ3n) is 7.46. The lowest BCUT2D eigenvalue weighted by Gasteiger charge is -2.32. The largest absolute Gasteiger partial charge is 0.465 e. The second-order valence-corrected chi connectivity index (χ2v) is 10.8. The molecule has 5 rings (SSSR count). The molecule has 10 heteroatoms. The number of halogens is 1. The van der Waals surface area contributed by atoms with Gasteiger partial charge in [0.05, 0.1) is 52.3 Å². The van der Waals surface area contributed by atoms with E-state index in [4.69, 9.17) is 4.74 Å². The number of hydrogen-bond acceptors (Lipinski definition) is 7. The molecule has 41 heavy (non-hydrogen) atoms. The molecule has 0 aliphatic carbocycles. The van der Waals surface area contributed by atoms with E-state index in [2.05, 4.69) is 38.3 Å². The SMILES string of the molecule is COC(=O)c1ccc2c(c1)N(Br)C(=O)/C2=C(\Nc1ccc(N(C)C(=O)CN2CCN(C)CC2)cc1)c1ccccc1. The summed E-state index contributed by atoms with van der Waals surface area (Å²) >= 11 is 3.38. The molecule has 9 nitrogen and oxygen atoms in total. The zero-order valence-corrected chi connectivity index (χ0v) is 24.8. The molecule has 2 heterocycles. The molecule has 0 unspecified atom stereocenters. The van der Waals surface area contributed by atoms with Crippen molar-refractivity contribution in [3.8, 4) is 0 Å². The van der Waals surface area contributed by atoms with Crippen molar-refractivity contribution in [2.24, 2.45) is 0 Å². The van der Waals surface area contributed by atoms with E-state index in [1.807, 2.05) is 54.6 Å². The minimum Gasteiger partial charge on any atom is -0.465 e. The molecule has 2 aliphatic rings. The summed E-state index contributed by atoms with van der Waals surface area (Å²) in [4.78, 5) is 44.7. The van der Waals surface area contributed by atoms with Crippen LogP contribution < -0.4 is 14.1 Å². The van der Waals surface area contributed by atoms with Crippen LogP contribution >= 0.6 is 16.1 Å². The Morgan fingerprint density at radius 3 is 2.29 bits per heavy atom. The number of ether oxygens (including phenoxy) is 1. The summed E-state index contributed by atoms with van der Waals surface area (Å²) in [6.07, 6.45) is 0. The molecule has 0 aromatic heterocycles. The highest BCUT2D eigenvalue weighted by Crippen LogP contribution is 2.43. The number of esters is 1. The Kier molecular flexibility index (Phi) is 8.53. The number of carbonyl (C=O) groups excluding carboxylic acids is 3. The van der Waals surface area contributed by atoms with E-state index >= 15 is 0 Å². The lowest BCUT2D eigenvalue weighted by Crippen LogP contribution is -2.48. The predicted octanol–water partition coefficient (Wildman–Crippen LogP) is 4.32. The van der Waals surface area contributed by atoms with Gasteiger partial charge in [-0.2, -0.15) is 0 Å². The van der Waals surface area contributed by atoms with Crippen LogP contribution in [0.2, 0.25) is 0 Å². The van der Waals surface area contributed by atoms with Crippen LogP contribution in [-0.2, 0) is 14.3 Å². The Morgan fingerprint density at radius 2 is 1.63 bits per heavy atom. The summed E-state index contributed by atoms with van der Waals surface area (Å²) in [5.74, 6) is -0.703. The van der Waals surface area contributed by atoms with E-state index in [1.54, 1.807) is 30.1 Å². The zero-order valence-electron chi connectivity index (χ0n) is 23.3. The van der Waals surface area contributed by atoms with Gasteiger partial charge >= 0.3 is 5.97 Å². The lowest BCUT2D eigenvalue weighted by molar-refractivity contribution is -0.119. The number of amides is 2. The first-order valence-electron chi connectivity index (χ1n) is 13.3. The van der Waals surface area contributed by atoms with Gasteiger partial charge < -0.3 is 19.9 Å². The quantitative estimate of drug-likeness (QED) is 0.240. The Balaban J connectivity index is 1.42. The maximum Gasteiger partial charge on any atom is 0.337 e. The van der Waals surface area contributed by atoms with Crippen LogP contribution in [0.1, 0.15) is 21.5 Å². The number of rotatable bonds is 7. The van der Waals surface area contributed by atoms with Crippen molar-refractivity contribution in [1.82, 2.24) is 9.80 Å². The second kappa shape index (κ2) is 12.3. The molecule has 0 bridgehead atoms. The highest BCUT2D eigenvalue weighted by Gasteiger charge is 2.35. The van der Waals surface area contributed by atoms with E-state index in [-0.39, 0.29) is 11.8 Å². The number of nitrogens with one attached hydrogen (secondary N) is 1. The van der Waals surface area contributed by atoms with Gasteiger partial charge in [0, 0.05) is 50.2 Å². The van der Waals surface area contributed by atoms with Gasteiger partial charge in [-0.15, -0.1) is 0 Å². The molecule has 3 aromatic carbocycles. The van der Waals surface area contributed by atoms with Crippen molar-refractivity contribution in [2.45, 2.75) is 0 Å². The average Bonchev–Trinajstić information content (AvgIpc) is 3.25. The third kappa shape index (κ3) is 6.04. The molecular formula is C31H32BrN5O4. The second-order valence-electron chi connectivity index (χ2n) is 10.1. The lowest BCUT2D eigenvalue weighted by atomic mass is 9.99. The van der Waals surface area contributed by atoms with Crippen LogP contribution in [0, 0.1) is 0 Å². The van der Waals surface area contributed by atoms with Gasteiger partial charge in [0.15, 0.2) is 0 Å². The number of hydrogen-bond donors (Lipinski definition) is 1. The number of methoxy groups -OCH3 is 1. The van der Waals surface area contributed by atoms with E-state index in [1.165, 1.54) is 11.0 Å². The molecule has 1 fully saturated rings. The first kappa shape index (κ1) is 28.5. The highest BCUT2D eigenvalue weighted by atomic mass is 79.9. The fourth-order valence-electron chi connectivity index (χ4n) is 4.96. The van der Waals surface area contributed by atoms with Crippen molar-refractivity contribution in [2.75, 3.05) is 68.1 Å². The maximum absolute atomic E-state index is 13.5. The molecule has 3 aromatic rings. The normalized spacial score (nSPS) is 16.8. The van der Waals surface area contributed by atoms with Crippen LogP contribution in [0.15, 0.2) is 72.8 Å². The fourth-order valence-corrected chi connectivity index (χ4v) is 5.43. The Morgan fingerprint density at radius 1 is 0.951 bits per heavy atom. The standard InChI is InChI=1S/C31H32BrN5O4/c1-34-15-17-36(18-16-34)20-27(38)35(2)24-12-10-23(11-13-24)33-29(21-7-5-4-6-8-21)28-25-14-9-22(31(40)41-3)19-26(25)37(32)30(28)39/h4-14,19,33H,15-18,20H2,1-3H3/b29-28-. The predicted molar refractivity (Wildman–Crippen MR) is 165 cm³/mol. The third-order valence-corrected chi connectivity index (χ3v) is 8.16. The molecule has 212 valence electrons. The highest BCUT2D eigenvalue weighted by molar-refractivity contribution is 9.10. The zero-order chi connectivity index (χ0) is 29.1. The van der Waals surface area contributed by atoms with Gasteiger partial charge in [0.25, 0.3) is 5.91 Å². The van der Waals surface area contributed by atoms with E-state index in [9.17, 15) is 14.4 Å². The van der Waals surface area contributed by atoms with Gasteiger partial charge in [-0.3, -0.25) is 14.5 Å². The first-order valence-corrected chi connectivity index (χ1v) is 14.0. The van der Waals surface area contributed by atoms with Gasteiger partial charge in [0.2, 0.25) is 5.91 Å². The smallest absolute Gasteiger partial charge is 0.337 e. The summed E-state index contributed by atoms with van der Waals surface area (Å²) in [7, 11) is 5.21. The van der Waals surface area contributed by atoms with Crippen LogP contribution in [0.3, 0.4) is 0 Å². The van der Waals surface area contributed by atoms with Crippen molar-refractivity contribution in [3.05, 3.63) is 89.5 Å². The van der Waals surface area contributed by atoms with Gasteiger partial charge in [0.1, 0.15) is 0 Å². The summed E-state index contributed by atoms with van der Waals surface area (Å²) in [5.41, 5.74) is 5.03.